The average molecular weight is 517 g/mol. The van der Waals surface area contributed by atoms with E-state index in [1.54, 1.807) is 18.2 Å². The van der Waals surface area contributed by atoms with Crippen molar-refractivity contribution in [3.05, 3.63) is 35.8 Å². The highest BCUT2D eigenvalue weighted by atomic mass is 32.2. The maximum absolute atomic E-state index is 14.7. The summed E-state index contributed by atoms with van der Waals surface area (Å²) >= 11 is 2.07. The van der Waals surface area contributed by atoms with Crippen molar-refractivity contribution in [3.63, 3.8) is 0 Å². The van der Waals surface area contributed by atoms with Crippen molar-refractivity contribution < 1.29 is 23.5 Å². The van der Waals surface area contributed by atoms with E-state index in [4.69, 9.17) is 9.47 Å². The van der Waals surface area contributed by atoms with Crippen LogP contribution < -0.4 is 4.74 Å². The number of ether oxygens (including phenoxy) is 2. The van der Waals surface area contributed by atoms with Gasteiger partial charge in [-0.15, -0.1) is 0 Å². The van der Waals surface area contributed by atoms with Crippen LogP contribution in [-0.4, -0.2) is 66.5 Å². The molecule has 2 fully saturated rings. The summed E-state index contributed by atoms with van der Waals surface area (Å²) in [4.78, 5) is 32.3. The number of halogens is 1. The van der Waals surface area contributed by atoms with Crippen LogP contribution in [0.4, 0.5) is 4.39 Å². The second-order valence-electron chi connectivity index (χ2n) is 9.94. The topological polar surface area (TPSA) is 68.7 Å². The van der Waals surface area contributed by atoms with Gasteiger partial charge in [0.25, 0.3) is 0 Å². The Morgan fingerprint density at radius 2 is 1.97 bits per heavy atom. The molecule has 1 saturated carbocycles. The zero-order chi connectivity index (χ0) is 25.5. The normalized spacial score (nSPS) is 21.4. The van der Waals surface area contributed by atoms with Gasteiger partial charge < -0.3 is 14.4 Å². The predicted octanol–water partition coefficient (Wildman–Crippen LogP) is 5.52. The molecule has 1 aliphatic heterocycles. The third-order valence-electron chi connectivity index (χ3n) is 7.71. The highest BCUT2D eigenvalue weighted by Gasteiger charge is 2.35. The van der Waals surface area contributed by atoms with Crippen LogP contribution in [0, 0.1) is 17.7 Å². The van der Waals surface area contributed by atoms with Gasteiger partial charge in [-0.3, -0.25) is 14.6 Å². The molecule has 2 heterocycles. The number of likely N-dealkylation sites (tertiary alicyclic amines) is 1. The fourth-order valence-corrected chi connectivity index (χ4v) is 6.98. The van der Waals surface area contributed by atoms with Crippen molar-refractivity contribution in [1.29, 1.82) is 0 Å². The van der Waals surface area contributed by atoms with Crippen LogP contribution in [0.1, 0.15) is 61.7 Å². The molecule has 2 aromatic rings. The number of benzene rings is 1. The van der Waals surface area contributed by atoms with Crippen molar-refractivity contribution >= 4 is 34.4 Å². The summed E-state index contributed by atoms with van der Waals surface area (Å²) in [6.45, 7) is 2.53. The molecule has 1 aromatic heterocycles. The van der Waals surface area contributed by atoms with Gasteiger partial charge in [-0.05, 0) is 56.3 Å². The van der Waals surface area contributed by atoms with Crippen molar-refractivity contribution in [3.8, 4) is 5.75 Å². The molecule has 0 spiro atoms. The largest absolute Gasteiger partial charge is 0.497 e. The first-order valence-electron chi connectivity index (χ1n) is 13.1. The van der Waals surface area contributed by atoms with E-state index in [9.17, 15) is 14.0 Å². The number of ketones is 1. The summed E-state index contributed by atoms with van der Waals surface area (Å²) in [6.07, 6.45) is 9.33. The summed E-state index contributed by atoms with van der Waals surface area (Å²) < 4.78 is 25.1. The van der Waals surface area contributed by atoms with E-state index in [1.165, 1.54) is 46.3 Å². The minimum Gasteiger partial charge on any atom is -0.497 e. The number of carbonyl (C=O) groups excluding carboxylic acids is 2. The van der Waals surface area contributed by atoms with Crippen LogP contribution in [0.15, 0.2) is 24.4 Å². The van der Waals surface area contributed by atoms with Crippen LogP contribution in [0.3, 0.4) is 0 Å². The zero-order valence-electron chi connectivity index (χ0n) is 21.3. The summed E-state index contributed by atoms with van der Waals surface area (Å²) in [5.74, 6) is 0.272. The Labute approximate surface area is 217 Å². The van der Waals surface area contributed by atoms with E-state index < -0.39 is 5.82 Å². The lowest BCUT2D eigenvalue weighted by Crippen LogP contribution is -2.45. The number of nitrogens with zero attached hydrogens (tertiary/aromatic N) is 2. The number of hydrogen-bond donors (Lipinski definition) is 0. The minimum atomic E-state index is -0.629. The Balaban J connectivity index is 1.37. The SMILES string of the molecule is COC(=O)[C@H]1CN(CCSC2CCCCC2)CC[C@H]1CCC(=O)c1c(F)cnc2ccc(OC)cc12. The number of pyridine rings is 1. The molecule has 1 aliphatic carbocycles. The van der Waals surface area contributed by atoms with Gasteiger partial charge in [0.1, 0.15) is 5.75 Å². The Kier molecular flexibility index (Phi) is 9.60. The molecule has 0 unspecified atom stereocenters. The number of carbonyl (C=O) groups is 2. The molecule has 0 N–H and O–H groups in total. The molecular weight excluding hydrogens is 479 g/mol. The summed E-state index contributed by atoms with van der Waals surface area (Å²) in [7, 11) is 2.96. The Hall–Kier alpha value is -2.19. The molecule has 2 aliphatic rings. The number of esters is 1. The maximum atomic E-state index is 14.7. The standard InChI is InChI=1S/C28H37FN2O4S/c1-34-20-9-10-25-22(16-20)27(24(29)17-30-25)26(32)11-8-19-12-13-31(18-23(19)28(33)35-2)14-15-36-21-6-4-3-5-7-21/h9-10,16-17,19,21,23H,3-8,11-15,18H2,1-2H3/t19-,23+/m1/s1. The molecule has 8 heteroatoms. The Morgan fingerprint density at radius 3 is 2.72 bits per heavy atom. The second kappa shape index (κ2) is 12.9. The molecule has 196 valence electrons. The lowest BCUT2D eigenvalue weighted by atomic mass is 9.81. The smallest absolute Gasteiger partial charge is 0.310 e. The number of aromatic nitrogens is 1. The number of rotatable bonds is 10. The average Bonchev–Trinajstić information content (AvgIpc) is 2.91. The van der Waals surface area contributed by atoms with Gasteiger partial charge in [0, 0.05) is 35.9 Å². The molecule has 1 aromatic carbocycles. The number of hydrogen-bond acceptors (Lipinski definition) is 7. The molecular formula is C28H37FN2O4S. The molecule has 0 radical (unpaired) electrons. The highest BCUT2D eigenvalue weighted by Crippen LogP contribution is 2.32. The molecule has 1 saturated heterocycles. The number of fused-ring (bicyclic) bond motifs is 1. The van der Waals surface area contributed by atoms with Crippen molar-refractivity contribution in [2.75, 3.05) is 39.6 Å². The molecule has 2 atom stereocenters. The van der Waals surface area contributed by atoms with Gasteiger partial charge in [-0.2, -0.15) is 11.8 Å². The van der Waals surface area contributed by atoms with E-state index in [1.807, 2.05) is 0 Å². The number of piperidine rings is 1. The minimum absolute atomic E-state index is 0.0364. The van der Waals surface area contributed by atoms with Crippen molar-refractivity contribution in [2.45, 2.75) is 56.6 Å². The van der Waals surface area contributed by atoms with Crippen LogP contribution in [0.25, 0.3) is 10.9 Å². The van der Waals surface area contributed by atoms with Gasteiger partial charge in [-0.1, -0.05) is 19.3 Å². The first-order valence-corrected chi connectivity index (χ1v) is 14.1. The number of thioether (sulfide) groups is 1. The van der Waals surface area contributed by atoms with Gasteiger partial charge in [-0.25, -0.2) is 4.39 Å². The summed E-state index contributed by atoms with van der Waals surface area (Å²) in [5.41, 5.74) is 0.595. The quantitative estimate of drug-likeness (QED) is 0.304. The summed E-state index contributed by atoms with van der Waals surface area (Å²) in [6, 6.07) is 5.11. The van der Waals surface area contributed by atoms with E-state index in [2.05, 4.69) is 21.6 Å². The third-order valence-corrected chi connectivity index (χ3v) is 9.07. The Bertz CT molecular complexity index is 1060. The maximum Gasteiger partial charge on any atom is 0.310 e. The highest BCUT2D eigenvalue weighted by molar-refractivity contribution is 7.99. The first kappa shape index (κ1) is 26.9. The number of methoxy groups -OCH3 is 2. The molecule has 4 rings (SSSR count). The fraction of sp³-hybridized carbons (Fsp3) is 0.607. The predicted molar refractivity (Wildman–Crippen MR) is 141 cm³/mol. The molecule has 0 bridgehead atoms. The van der Waals surface area contributed by atoms with Crippen LogP contribution >= 0.6 is 11.8 Å². The van der Waals surface area contributed by atoms with E-state index in [0.717, 1.165) is 36.7 Å². The van der Waals surface area contributed by atoms with E-state index in [-0.39, 0.29) is 35.6 Å². The fourth-order valence-electron chi connectivity index (χ4n) is 5.61. The third kappa shape index (κ3) is 6.57. The summed E-state index contributed by atoms with van der Waals surface area (Å²) in [5, 5.41) is 1.23. The van der Waals surface area contributed by atoms with Crippen molar-refractivity contribution in [2.24, 2.45) is 11.8 Å². The van der Waals surface area contributed by atoms with E-state index >= 15 is 0 Å². The zero-order valence-corrected chi connectivity index (χ0v) is 22.2. The molecule has 36 heavy (non-hydrogen) atoms. The molecule has 6 nitrogen and oxygen atoms in total. The van der Waals surface area contributed by atoms with Gasteiger partial charge in [0.15, 0.2) is 11.6 Å². The monoisotopic (exact) mass is 516 g/mol. The van der Waals surface area contributed by atoms with Crippen molar-refractivity contribution in [1.82, 2.24) is 9.88 Å². The van der Waals surface area contributed by atoms with Crippen LogP contribution in [0.5, 0.6) is 5.75 Å². The van der Waals surface area contributed by atoms with Gasteiger partial charge in [0.05, 0.1) is 37.4 Å². The van der Waals surface area contributed by atoms with Gasteiger partial charge >= 0.3 is 5.97 Å². The van der Waals surface area contributed by atoms with Gasteiger partial charge in [0.2, 0.25) is 0 Å². The van der Waals surface area contributed by atoms with E-state index in [0.29, 0.717) is 29.6 Å². The van der Waals surface area contributed by atoms with Crippen LogP contribution in [-0.2, 0) is 9.53 Å². The second-order valence-corrected chi connectivity index (χ2v) is 11.3. The lowest BCUT2D eigenvalue weighted by Gasteiger charge is -2.37. The van der Waals surface area contributed by atoms with Crippen LogP contribution in [0.2, 0.25) is 0 Å². The first-order chi connectivity index (χ1) is 17.5. The number of Topliss-reactive ketones (excluding diaryl/α,β-unsaturated/α-hetero) is 1. The molecule has 0 amide bonds. The Morgan fingerprint density at radius 1 is 1.17 bits per heavy atom. The lowest BCUT2D eigenvalue weighted by molar-refractivity contribution is -0.149.